The van der Waals surface area contributed by atoms with Crippen molar-refractivity contribution in [1.29, 1.82) is 0 Å². The van der Waals surface area contributed by atoms with E-state index in [1.807, 2.05) is 18.2 Å². The van der Waals surface area contributed by atoms with Crippen molar-refractivity contribution in [3.05, 3.63) is 70.2 Å². The summed E-state index contributed by atoms with van der Waals surface area (Å²) < 4.78 is 0. The number of hydrogen-bond donors (Lipinski definition) is 3. The van der Waals surface area contributed by atoms with Crippen LogP contribution < -0.4 is 16.4 Å². The van der Waals surface area contributed by atoms with E-state index in [-0.39, 0.29) is 11.9 Å². The van der Waals surface area contributed by atoms with Crippen molar-refractivity contribution >= 4 is 40.3 Å². The lowest BCUT2D eigenvalue weighted by molar-refractivity contribution is 0.103. The van der Waals surface area contributed by atoms with Crippen molar-refractivity contribution in [1.82, 2.24) is 9.88 Å². The predicted molar refractivity (Wildman–Crippen MR) is 110 cm³/mol. The van der Waals surface area contributed by atoms with E-state index in [1.165, 1.54) is 11.3 Å². The Kier molecular flexibility index (Phi) is 4.94. The van der Waals surface area contributed by atoms with Gasteiger partial charge in [-0.05, 0) is 42.3 Å². The SMILES string of the molecule is Nc1ccccc1NC(=O)c1cc2c(s1)CN(C(=O)Nc1cccnc1)CC2. The average molecular weight is 393 g/mol. The molecule has 142 valence electrons. The molecule has 8 heteroatoms. The molecule has 0 saturated carbocycles. The van der Waals surface area contributed by atoms with Gasteiger partial charge < -0.3 is 21.3 Å². The molecule has 1 aliphatic heterocycles. The highest BCUT2D eigenvalue weighted by Crippen LogP contribution is 2.29. The zero-order valence-corrected chi connectivity index (χ0v) is 15.8. The Balaban J connectivity index is 1.44. The van der Waals surface area contributed by atoms with Crippen LogP contribution in [0.25, 0.3) is 0 Å². The highest BCUT2D eigenvalue weighted by molar-refractivity contribution is 7.14. The minimum atomic E-state index is -0.191. The van der Waals surface area contributed by atoms with Gasteiger partial charge in [0.2, 0.25) is 0 Å². The van der Waals surface area contributed by atoms with E-state index in [1.54, 1.807) is 41.6 Å². The largest absolute Gasteiger partial charge is 0.397 e. The van der Waals surface area contributed by atoms with Gasteiger partial charge in [0.25, 0.3) is 5.91 Å². The van der Waals surface area contributed by atoms with Crippen LogP contribution in [0.3, 0.4) is 0 Å². The van der Waals surface area contributed by atoms with Crippen LogP contribution >= 0.6 is 11.3 Å². The number of nitrogens with zero attached hydrogens (tertiary/aromatic N) is 2. The maximum absolute atomic E-state index is 12.6. The topological polar surface area (TPSA) is 100 Å². The van der Waals surface area contributed by atoms with Crippen LogP contribution in [0, 0.1) is 0 Å². The third kappa shape index (κ3) is 3.81. The Hall–Kier alpha value is -3.39. The molecule has 0 saturated heterocycles. The number of benzene rings is 1. The fourth-order valence-electron chi connectivity index (χ4n) is 3.04. The lowest BCUT2D eigenvalue weighted by atomic mass is 10.1. The minimum Gasteiger partial charge on any atom is -0.397 e. The second kappa shape index (κ2) is 7.69. The van der Waals surface area contributed by atoms with E-state index in [0.29, 0.717) is 41.4 Å². The van der Waals surface area contributed by atoms with Gasteiger partial charge in [0.1, 0.15) is 0 Å². The van der Waals surface area contributed by atoms with E-state index in [0.717, 1.165) is 10.4 Å². The highest BCUT2D eigenvalue weighted by Gasteiger charge is 2.24. The molecule has 1 aromatic carbocycles. The molecule has 0 spiro atoms. The Morgan fingerprint density at radius 1 is 1.14 bits per heavy atom. The molecule has 3 heterocycles. The van der Waals surface area contributed by atoms with Crippen molar-refractivity contribution in [2.24, 2.45) is 0 Å². The van der Waals surface area contributed by atoms with E-state index in [2.05, 4.69) is 15.6 Å². The molecule has 0 atom stereocenters. The van der Waals surface area contributed by atoms with Gasteiger partial charge in [-0.15, -0.1) is 11.3 Å². The Morgan fingerprint density at radius 2 is 2.00 bits per heavy atom. The maximum Gasteiger partial charge on any atom is 0.322 e. The number of aromatic nitrogens is 1. The third-order valence-electron chi connectivity index (χ3n) is 4.51. The summed E-state index contributed by atoms with van der Waals surface area (Å²) in [4.78, 5) is 32.5. The van der Waals surface area contributed by atoms with Gasteiger partial charge in [-0.25, -0.2) is 4.79 Å². The first-order valence-electron chi connectivity index (χ1n) is 8.83. The number of hydrogen-bond acceptors (Lipinski definition) is 5. The molecule has 0 aliphatic carbocycles. The molecule has 4 rings (SSSR count). The van der Waals surface area contributed by atoms with Gasteiger partial charge in [0, 0.05) is 17.6 Å². The van der Waals surface area contributed by atoms with Crippen LogP contribution in [0.1, 0.15) is 20.1 Å². The van der Waals surface area contributed by atoms with E-state index in [4.69, 9.17) is 5.73 Å². The minimum absolute atomic E-state index is 0.171. The number of thiophene rings is 1. The van der Waals surface area contributed by atoms with Crippen LogP contribution in [0.4, 0.5) is 21.9 Å². The maximum atomic E-state index is 12.6. The average Bonchev–Trinajstić information content (AvgIpc) is 3.14. The number of urea groups is 1. The number of para-hydroxylation sites is 2. The molecule has 7 nitrogen and oxygen atoms in total. The summed E-state index contributed by atoms with van der Waals surface area (Å²) in [5.74, 6) is -0.191. The van der Waals surface area contributed by atoms with Crippen LogP contribution in [-0.2, 0) is 13.0 Å². The van der Waals surface area contributed by atoms with Crippen LogP contribution in [0.15, 0.2) is 54.9 Å². The predicted octanol–water partition coefficient (Wildman–Crippen LogP) is 3.57. The highest BCUT2D eigenvalue weighted by atomic mass is 32.1. The van der Waals surface area contributed by atoms with E-state index < -0.39 is 0 Å². The lowest BCUT2D eigenvalue weighted by Gasteiger charge is -2.26. The second-order valence-corrected chi connectivity index (χ2v) is 7.58. The smallest absolute Gasteiger partial charge is 0.322 e. The molecule has 2 aromatic heterocycles. The summed E-state index contributed by atoms with van der Waals surface area (Å²) in [6.07, 6.45) is 3.98. The number of fused-ring (bicyclic) bond motifs is 1. The van der Waals surface area contributed by atoms with Gasteiger partial charge in [0.15, 0.2) is 0 Å². The number of nitrogens with two attached hydrogens (primary N) is 1. The fourth-order valence-corrected chi connectivity index (χ4v) is 4.16. The van der Waals surface area contributed by atoms with Gasteiger partial charge in [0.05, 0.1) is 34.7 Å². The molecule has 1 aliphatic rings. The Labute approximate surface area is 166 Å². The third-order valence-corrected chi connectivity index (χ3v) is 5.68. The molecule has 0 unspecified atom stereocenters. The normalized spacial score (nSPS) is 12.9. The van der Waals surface area contributed by atoms with E-state index >= 15 is 0 Å². The zero-order chi connectivity index (χ0) is 19.5. The summed E-state index contributed by atoms with van der Waals surface area (Å²) in [5.41, 5.74) is 8.78. The summed E-state index contributed by atoms with van der Waals surface area (Å²) in [6, 6.07) is 12.5. The second-order valence-electron chi connectivity index (χ2n) is 6.44. The monoisotopic (exact) mass is 393 g/mol. The first-order chi connectivity index (χ1) is 13.6. The Morgan fingerprint density at radius 3 is 2.79 bits per heavy atom. The molecule has 0 radical (unpaired) electrons. The molecule has 3 aromatic rings. The van der Waals surface area contributed by atoms with Crippen molar-refractivity contribution in [3.8, 4) is 0 Å². The molecular formula is C20H19N5O2S. The number of nitrogens with one attached hydrogen (secondary N) is 2. The lowest BCUT2D eigenvalue weighted by Crippen LogP contribution is -2.38. The van der Waals surface area contributed by atoms with Gasteiger partial charge in [-0.2, -0.15) is 0 Å². The van der Waals surface area contributed by atoms with Gasteiger partial charge in [-0.3, -0.25) is 9.78 Å². The summed E-state index contributed by atoms with van der Waals surface area (Å²) >= 11 is 1.41. The van der Waals surface area contributed by atoms with Crippen LogP contribution in [0.2, 0.25) is 0 Å². The molecule has 0 bridgehead atoms. The zero-order valence-electron chi connectivity index (χ0n) is 15.0. The number of anilines is 3. The standard InChI is InChI=1S/C20H19N5O2S/c21-15-5-1-2-6-16(15)24-19(26)17-10-13-7-9-25(12-18(13)28-17)20(27)23-14-4-3-8-22-11-14/h1-6,8,10-11H,7,9,12,21H2,(H,23,27)(H,24,26). The number of pyridine rings is 1. The number of amides is 3. The van der Waals surface area contributed by atoms with Crippen molar-refractivity contribution in [3.63, 3.8) is 0 Å². The molecule has 0 fully saturated rings. The summed E-state index contributed by atoms with van der Waals surface area (Å²) in [5, 5.41) is 5.70. The summed E-state index contributed by atoms with van der Waals surface area (Å²) in [7, 11) is 0. The molecule has 28 heavy (non-hydrogen) atoms. The quantitative estimate of drug-likeness (QED) is 0.592. The van der Waals surface area contributed by atoms with E-state index in [9.17, 15) is 9.59 Å². The first-order valence-corrected chi connectivity index (χ1v) is 9.65. The van der Waals surface area contributed by atoms with Crippen molar-refractivity contribution in [2.75, 3.05) is 22.9 Å². The van der Waals surface area contributed by atoms with Crippen LogP contribution in [0.5, 0.6) is 0 Å². The molecular weight excluding hydrogens is 374 g/mol. The van der Waals surface area contributed by atoms with Crippen LogP contribution in [-0.4, -0.2) is 28.4 Å². The number of rotatable bonds is 3. The number of nitrogen functional groups attached to an aromatic ring is 1. The van der Waals surface area contributed by atoms with Gasteiger partial charge in [-0.1, -0.05) is 12.1 Å². The first kappa shape index (κ1) is 18.0. The fraction of sp³-hybridized carbons (Fsp3) is 0.150. The number of carbonyl (C=O) groups is 2. The number of carbonyl (C=O) groups excluding carboxylic acids is 2. The van der Waals surface area contributed by atoms with Crippen molar-refractivity contribution in [2.45, 2.75) is 13.0 Å². The Bertz CT molecular complexity index is 1020. The molecule has 4 N–H and O–H groups in total. The van der Waals surface area contributed by atoms with Crippen molar-refractivity contribution < 1.29 is 9.59 Å². The summed E-state index contributed by atoms with van der Waals surface area (Å²) in [6.45, 7) is 1.08. The van der Waals surface area contributed by atoms with Gasteiger partial charge >= 0.3 is 6.03 Å². The molecule has 3 amide bonds.